The number of esters is 1. The highest BCUT2D eigenvalue weighted by molar-refractivity contribution is 5.69. The largest absolute Gasteiger partial charge is 0.462 e. The fourth-order valence-electron chi connectivity index (χ4n) is 11.8. The Labute approximate surface area is 251 Å². The van der Waals surface area contributed by atoms with Crippen LogP contribution in [0.5, 0.6) is 0 Å². The van der Waals surface area contributed by atoms with E-state index in [1.54, 1.807) is 0 Å². The molecule has 0 radical (unpaired) electrons. The van der Waals surface area contributed by atoms with Gasteiger partial charge in [-0.1, -0.05) is 73.1 Å². The minimum Gasteiger partial charge on any atom is -0.462 e. The Hall–Kier alpha value is -0.610. The van der Waals surface area contributed by atoms with Crippen LogP contribution in [0.3, 0.4) is 0 Å². The first-order valence-corrected chi connectivity index (χ1v) is 18.2. The summed E-state index contributed by atoms with van der Waals surface area (Å²) in [7, 11) is 0. The van der Waals surface area contributed by atoms with E-state index in [4.69, 9.17) is 14.2 Å². The summed E-state index contributed by atoms with van der Waals surface area (Å²) in [6, 6.07) is 0. The Bertz CT molecular complexity index is 909. The molecule has 4 aliphatic carbocycles. The summed E-state index contributed by atoms with van der Waals surface area (Å²) >= 11 is 0. The van der Waals surface area contributed by atoms with Crippen LogP contribution in [0.1, 0.15) is 150 Å². The molecule has 0 amide bonds. The molecule has 9 unspecified atom stereocenters. The lowest BCUT2D eigenvalue weighted by atomic mass is 9.44. The molecule has 0 bridgehead atoms. The average molecular weight is 571 g/mol. The number of carbonyl (C=O) groups excluding carboxylic acids is 1. The van der Waals surface area contributed by atoms with Crippen molar-refractivity contribution < 1.29 is 19.0 Å². The van der Waals surface area contributed by atoms with E-state index in [0.717, 1.165) is 56.0 Å². The lowest BCUT2D eigenvalue weighted by molar-refractivity contribution is -0.273. The molecule has 1 spiro atoms. The second-order valence-electron chi connectivity index (χ2n) is 16.4. The lowest BCUT2D eigenvalue weighted by Crippen LogP contribution is -2.55. The van der Waals surface area contributed by atoms with E-state index in [2.05, 4.69) is 34.6 Å². The Morgan fingerprint density at radius 1 is 0.829 bits per heavy atom. The van der Waals surface area contributed by atoms with Crippen molar-refractivity contribution in [2.45, 2.75) is 168 Å². The number of hydrogen-bond donors (Lipinski definition) is 0. The predicted molar refractivity (Wildman–Crippen MR) is 164 cm³/mol. The van der Waals surface area contributed by atoms with E-state index in [1.165, 1.54) is 83.5 Å². The van der Waals surface area contributed by atoms with Crippen LogP contribution in [-0.2, 0) is 19.0 Å². The highest BCUT2D eigenvalue weighted by Gasteiger charge is 2.69. The maximum Gasteiger partial charge on any atom is 0.306 e. The van der Waals surface area contributed by atoms with Crippen molar-refractivity contribution in [3.05, 3.63) is 0 Å². The second-order valence-corrected chi connectivity index (χ2v) is 16.4. The van der Waals surface area contributed by atoms with Crippen LogP contribution in [0.15, 0.2) is 0 Å². The molecule has 0 N–H and O–H groups in total. The summed E-state index contributed by atoms with van der Waals surface area (Å²) in [6.07, 6.45) is 22.3. The Kier molecular flexibility index (Phi) is 8.94. The first-order valence-electron chi connectivity index (χ1n) is 18.2. The highest BCUT2D eigenvalue weighted by atomic mass is 16.7. The average Bonchev–Trinajstić information content (AvgIpc) is 3.40. The van der Waals surface area contributed by atoms with Gasteiger partial charge >= 0.3 is 5.97 Å². The number of unbranched alkanes of at least 4 members (excludes halogenated alkanes) is 6. The van der Waals surface area contributed by atoms with Crippen LogP contribution in [0.4, 0.5) is 0 Å². The molecule has 4 nitrogen and oxygen atoms in total. The van der Waals surface area contributed by atoms with Crippen LogP contribution >= 0.6 is 0 Å². The van der Waals surface area contributed by atoms with Gasteiger partial charge in [-0.05, 0) is 111 Å². The number of rotatable bonds is 9. The molecule has 2 aliphatic heterocycles. The molecular weight excluding hydrogens is 508 g/mol. The molecular formula is C37H62O4. The van der Waals surface area contributed by atoms with Gasteiger partial charge < -0.3 is 14.2 Å². The van der Waals surface area contributed by atoms with Gasteiger partial charge in [0.15, 0.2) is 5.79 Å². The Morgan fingerprint density at radius 2 is 1.59 bits per heavy atom. The quantitative estimate of drug-likeness (QED) is 0.205. The first kappa shape index (κ1) is 30.4. The zero-order chi connectivity index (χ0) is 28.8. The third-order valence-corrected chi connectivity index (χ3v) is 14.2. The van der Waals surface area contributed by atoms with Gasteiger partial charge in [0.1, 0.15) is 6.10 Å². The second kappa shape index (κ2) is 12.1. The molecule has 0 aromatic heterocycles. The van der Waals surface area contributed by atoms with Crippen LogP contribution in [0, 0.1) is 52.3 Å². The van der Waals surface area contributed by atoms with Crippen LogP contribution in [0.25, 0.3) is 0 Å². The minimum atomic E-state index is -0.305. The van der Waals surface area contributed by atoms with Gasteiger partial charge in [-0.15, -0.1) is 0 Å². The number of carbonyl (C=O) groups is 1. The van der Waals surface area contributed by atoms with Crippen molar-refractivity contribution >= 4 is 5.97 Å². The predicted octanol–water partition coefficient (Wildman–Crippen LogP) is 9.49. The highest BCUT2D eigenvalue weighted by Crippen LogP contribution is 2.71. The van der Waals surface area contributed by atoms with Crippen LogP contribution in [-0.4, -0.2) is 30.6 Å². The van der Waals surface area contributed by atoms with Gasteiger partial charge in [0.2, 0.25) is 0 Å². The van der Waals surface area contributed by atoms with E-state index in [0.29, 0.717) is 41.1 Å². The van der Waals surface area contributed by atoms with Crippen molar-refractivity contribution in [1.82, 2.24) is 0 Å². The Balaban J connectivity index is 1.03. The van der Waals surface area contributed by atoms with Crippen molar-refractivity contribution in [3.63, 3.8) is 0 Å². The molecule has 234 valence electrons. The third-order valence-electron chi connectivity index (χ3n) is 14.2. The maximum atomic E-state index is 12.7. The standard InChI is InChI=1S/C37H62O4/c1-6-7-8-9-10-11-12-13-33(38)40-28-17-19-35(4)27(22-28)14-15-29-30(35)18-20-36(5)31(29)23-32-34(36)26(3)37(41-32)21-16-25(2)24-39-37/h25-32,34H,6-24H2,1-5H3/t25?,26?,27?,28-,29?,30?,31?,32?,34?,35+,36+,37?/m1/s1. The summed E-state index contributed by atoms with van der Waals surface area (Å²) < 4.78 is 19.6. The van der Waals surface area contributed by atoms with Gasteiger partial charge in [0.05, 0.1) is 12.7 Å². The monoisotopic (exact) mass is 570 g/mol. The van der Waals surface area contributed by atoms with Crippen molar-refractivity contribution in [1.29, 1.82) is 0 Å². The summed E-state index contributed by atoms with van der Waals surface area (Å²) in [6.45, 7) is 13.2. The van der Waals surface area contributed by atoms with Crippen LogP contribution in [0.2, 0.25) is 0 Å². The molecule has 6 rings (SSSR count). The smallest absolute Gasteiger partial charge is 0.306 e. The number of ether oxygens (including phenoxy) is 3. The van der Waals surface area contributed by atoms with Gasteiger partial charge in [0, 0.05) is 18.8 Å². The fourth-order valence-corrected chi connectivity index (χ4v) is 11.8. The summed E-state index contributed by atoms with van der Waals surface area (Å²) in [5.74, 6) is 4.77. The molecule has 2 heterocycles. The zero-order valence-corrected chi connectivity index (χ0v) is 27.3. The number of hydrogen-bond acceptors (Lipinski definition) is 4. The normalized spacial score (nSPS) is 48.8. The lowest BCUT2D eigenvalue weighted by Gasteiger charge is -2.61. The topological polar surface area (TPSA) is 44.8 Å². The van der Waals surface area contributed by atoms with E-state index in [-0.39, 0.29) is 17.9 Å². The molecule has 12 atom stereocenters. The molecule has 41 heavy (non-hydrogen) atoms. The van der Waals surface area contributed by atoms with Crippen molar-refractivity contribution in [2.24, 2.45) is 52.3 Å². The van der Waals surface area contributed by atoms with E-state index in [9.17, 15) is 4.79 Å². The van der Waals surface area contributed by atoms with Crippen molar-refractivity contribution in [3.8, 4) is 0 Å². The summed E-state index contributed by atoms with van der Waals surface area (Å²) in [5.41, 5.74) is 0.812. The van der Waals surface area contributed by atoms with Gasteiger partial charge in [-0.25, -0.2) is 0 Å². The molecule has 4 heteroatoms. The first-order chi connectivity index (χ1) is 19.7. The van der Waals surface area contributed by atoms with Gasteiger partial charge in [-0.3, -0.25) is 4.79 Å². The molecule has 6 aliphatic rings. The minimum absolute atomic E-state index is 0.0649. The molecule has 4 saturated carbocycles. The van der Waals surface area contributed by atoms with Gasteiger partial charge in [0.25, 0.3) is 0 Å². The molecule has 0 aromatic carbocycles. The number of fused-ring (bicyclic) bond motifs is 7. The maximum absolute atomic E-state index is 12.7. The third kappa shape index (κ3) is 5.46. The fraction of sp³-hybridized carbons (Fsp3) is 0.973. The van der Waals surface area contributed by atoms with Gasteiger partial charge in [-0.2, -0.15) is 0 Å². The molecule has 2 saturated heterocycles. The van der Waals surface area contributed by atoms with Crippen LogP contribution < -0.4 is 0 Å². The summed E-state index contributed by atoms with van der Waals surface area (Å²) in [4.78, 5) is 12.7. The molecule has 0 aromatic rings. The van der Waals surface area contributed by atoms with E-state index in [1.807, 2.05) is 0 Å². The summed E-state index contributed by atoms with van der Waals surface area (Å²) in [5, 5.41) is 0. The zero-order valence-electron chi connectivity index (χ0n) is 27.3. The SMILES string of the molecule is CCCCCCCCCC(=O)O[C@@H]1CC[C@@]2(C)C(CCC3C2CC[C@@]2(C)C3CC3OC4(CCC(C)CO4)C(C)C32)C1. The Morgan fingerprint density at radius 3 is 2.34 bits per heavy atom. The van der Waals surface area contributed by atoms with E-state index >= 15 is 0 Å². The van der Waals surface area contributed by atoms with Crippen molar-refractivity contribution in [2.75, 3.05) is 6.61 Å². The van der Waals surface area contributed by atoms with E-state index < -0.39 is 0 Å². The molecule has 6 fully saturated rings.